The van der Waals surface area contributed by atoms with Gasteiger partial charge in [0, 0.05) is 18.7 Å². The summed E-state index contributed by atoms with van der Waals surface area (Å²) in [7, 11) is 0. The number of aliphatic imine (C=N–C) groups is 1. The number of benzene rings is 1. The molecule has 0 bridgehead atoms. The van der Waals surface area contributed by atoms with Crippen LogP contribution in [0.2, 0.25) is 0 Å². The van der Waals surface area contributed by atoms with Crippen molar-refractivity contribution in [2.24, 2.45) is 10.7 Å². The third-order valence-corrected chi connectivity index (χ3v) is 4.08. The van der Waals surface area contributed by atoms with Crippen molar-refractivity contribution in [3.63, 3.8) is 0 Å². The van der Waals surface area contributed by atoms with Crippen molar-refractivity contribution >= 4 is 35.6 Å². The third-order valence-electron chi connectivity index (χ3n) is 4.08. The SMILES string of the molecule is CC(C)Oc1ccc(NC(N)=NCc2nnc3n2CCCCC3)cc1.I. The van der Waals surface area contributed by atoms with Crippen LogP contribution in [0.1, 0.15) is 44.8 Å². The molecule has 2 heterocycles. The number of nitrogens with zero attached hydrogens (tertiary/aromatic N) is 4. The fourth-order valence-electron chi connectivity index (χ4n) is 2.89. The van der Waals surface area contributed by atoms with Crippen LogP contribution in [0.5, 0.6) is 5.75 Å². The van der Waals surface area contributed by atoms with Gasteiger partial charge in [-0.2, -0.15) is 0 Å². The molecule has 3 rings (SSSR count). The molecule has 0 amide bonds. The molecular weight excluding hydrogens is 443 g/mol. The Labute approximate surface area is 171 Å². The molecule has 26 heavy (non-hydrogen) atoms. The third kappa shape index (κ3) is 5.58. The summed E-state index contributed by atoms with van der Waals surface area (Å²) >= 11 is 0. The van der Waals surface area contributed by atoms with Crippen LogP contribution in [0, 0.1) is 0 Å². The molecule has 0 saturated carbocycles. The van der Waals surface area contributed by atoms with Crippen LogP contribution in [-0.2, 0) is 19.5 Å². The van der Waals surface area contributed by atoms with Crippen molar-refractivity contribution in [1.82, 2.24) is 14.8 Å². The standard InChI is InChI=1S/C18H26N6O.HI/c1-13(2)25-15-9-7-14(8-10-15)21-18(19)20-12-17-23-22-16-6-4-3-5-11-24(16)17;/h7-10,13H,3-6,11-12H2,1-2H3,(H3,19,20,21);1H. The Kier molecular flexibility index (Phi) is 7.67. The number of rotatable bonds is 5. The zero-order valence-corrected chi connectivity index (χ0v) is 17.6. The lowest BCUT2D eigenvalue weighted by Crippen LogP contribution is -2.23. The summed E-state index contributed by atoms with van der Waals surface area (Å²) in [6.07, 6.45) is 4.74. The van der Waals surface area contributed by atoms with Gasteiger partial charge in [-0.1, -0.05) is 6.42 Å². The first-order valence-electron chi connectivity index (χ1n) is 8.86. The molecule has 0 atom stereocenters. The second-order valence-corrected chi connectivity index (χ2v) is 6.51. The maximum atomic E-state index is 6.00. The minimum Gasteiger partial charge on any atom is -0.491 e. The number of guanidine groups is 1. The summed E-state index contributed by atoms with van der Waals surface area (Å²) in [6, 6.07) is 7.66. The van der Waals surface area contributed by atoms with Gasteiger partial charge in [0.15, 0.2) is 11.8 Å². The Morgan fingerprint density at radius 3 is 2.73 bits per heavy atom. The Balaban J connectivity index is 0.00000243. The van der Waals surface area contributed by atoms with Crippen LogP contribution in [0.3, 0.4) is 0 Å². The number of nitrogens with two attached hydrogens (primary N) is 1. The van der Waals surface area contributed by atoms with Crippen LogP contribution in [0.4, 0.5) is 5.69 Å². The highest BCUT2D eigenvalue weighted by atomic mass is 127. The normalized spacial score (nSPS) is 14.3. The maximum absolute atomic E-state index is 6.00. The number of ether oxygens (including phenoxy) is 1. The largest absolute Gasteiger partial charge is 0.491 e. The van der Waals surface area contributed by atoms with Crippen molar-refractivity contribution in [2.75, 3.05) is 5.32 Å². The van der Waals surface area contributed by atoms with E-state index in [-0.39, 0.29) is 30.1 Å². The molecular formula is C18H27IN6O. The molecule has 0 radical (unpaired) electrons. The van der Waals surface area contributed by atoms with E-state index in [1.54, 1.807) is 0 Å². The Morgan fingerprint density at radius 1 is 1.23 bits per heavy atom. The van der Waals surface area contributed by atoms with Crippen LogP contribution < -0.4 is 15.8 Å². The van der Waals surface area contributed by atoms with Gasteiger partial charge in [-0.05, 0) is 51.0 Å². The molecule has 1 aliphatic heterocycles. The number of nitrogens with one attached hydrogen (secondary N) is 1. The maximum Gasteiger partial charge on any atom is 0.193 e. The number of aromatic nitrogens is 3. The first-order valence-corrected chi connectivity index (χ1v) is 8.86. The predicted octanol–water partition coefficient (Wildman–Crippen LogP) is 3.34. The van der Waals surface area contributed by atoms with Gasteiger partial charge in [0.2, 0.25) is 0 Å². The number of fused-ring (bicyclic) bond motifs is 1. The van der Waals surface area contributed by atoms with Gasteiger partial charge in [0.05, 0.1) is 6.10 Å². The minimum atomic E-state index is 0. The molecule has 1 aromatic heterocycles. The number of halogens is 1. The summed E-state index contributed by atoms with van der Waals surface area (Å²) in [6.45, 7) is 5.40. The van der Waals surface area contributed by atoms with Gasteiger partial charge >= 0.3 is 0 Å². The first kappa shape index (κ1) is 20.5. The second-order valence-electron chi connectivity index (χ2n) is 6.51. The summed E-state index contributed by atoms with van der Waals surface area (Å²) in [5.41, 5.74) is 6.87. The van der Waals surface area contributed by atoms with E-state index in [0.717, 1.165) is 36.1 Å². The van der Waals surface area contributed by atoms with Crippen molar-refractivity contribution in [3.8, 4) is 5.75 Å². The number of anilines is 1. The van der Waals surface area contributed by atoms with Crippen molar-refractivity contribution in [3.05, 3.63) is 35.9 Å². The van der Waals surface area contributed by atoms with E-state index in [1.807, 2.05) is 38.1 Å². The number of aryl methyl sites for hydroxylation is 1. The summed E-state index contributed by atoms with van der Waals surface area (Å²) in [4.78, 5) is 4.40. The quantitative estimate of drug-likeness (QED) is 0.398. The molecule has 0 spiro atoms. The van der Waals surface area contributed by atoms with Gasteiger partial charge in [-0.3, -0.25) is 0 Å². The van der Waals surface area contributed by atoms with Crippen molar-refractivity contribution < 1.29 is 4.74 Å². The van der Waals surface area contributed by atoms with E-state index in [0.29, 0.717) is 12.5 Å². The van der Waals surface area contributed by atoms with Crippen molar-refractivity contribution in [2.45, 2.75) is 58.7 Å². The van der Waals surface area contributed by atoms with E-state index >= 15 is 0 Å². The lowest BCUT2D eigenvalue weighted by molar-refractivity contribution is 0.242. The zero-order chi connectivity index (χ0) is 17.6. The van der Waals surface area contributed by atoms with E-state index in [1.165, 1.54) is 19.3 Å². The molecule has 8 heteroatoms. The van der Waals surface area contributed by atoms with Crippen LogP contribution in [-0.4, -0.2) is 26.8 Å². The first-order chi connectivity index (χ1) is 12.1. The Bertz CT molecular complexity index is 726. The van der Waals surface area contributed by atoms with E-state index < -0.39 is 0 Å². The smallest absolute Gasteiger partial charge is 0.193 e. The molecule has 142 valence electrons. The molecule has 2 aromatic rings. The van der Waals surface area contributed by atoms with Gasteiger partial charge in [-0.15, -0.1) is 34.2 Å². The second kappa shape index (κ2) is 9.75. The van der Waals surface area contributed by atoms with Crippen LogP contribution >= 0.6 is 24.0 Å². The summed E-state index contributed by atoms with van der Waals surface area (Å²) in [5.74, 6) is 3.14. The molecule has 0 unspecified atom stereocenters. The van der Waals surface area contributed by atoms with E-state index in [2.05, 4.69) is 25.1 Å². The lowest BCUT2D eigenvalue weighted by atomic mass is 10.2. The lowest BCUT2D eigenvalue weighted by Gasteiger charge is -2.11. The van der Waals surface area contributed by atoms with Gasteiger partial charge < -0.3 is 20.4 Å². The van der Waals surface area contributed by atoms with Gasteiger partial charge in [0.1, 0.15) is 18.1 Å². The minimum absolute atomic E-state index is 0. The fraction of sp³-hybridized carbons (Fsp3) is 0.500. The summed E-state index contributed by atoms with van der Waals surface area (Å²) in [5, 5.41) is 11.6. The predicted molar refractivity (Wildman–Crippen MR) is 114 cm³/mol. The fourth-order valence-corrected chi connectivity index (χ4v) is 2.89. The highest BCUT2D eigenvalue weighted by Crippen LogP contribution is 2.17. The number of hydrogen-bond acceptors (Lipinski definition) is 4. The zero-order valence-electron chi connectivity index (χ0n) is 15.3. The Hall–Kier alpha value is -1.84. The molecule has 0 fully saturated rings. The molecule has 0 saturated heterocycles. The molecule has 1 aliphatic rings. The average molecular weight is 470 g/mol. The summed E-state index contributed by atoms with van der Waals surface area (Å²) < 4.78 is 7.81. The Morgan fingerprint density at radius 2 is 2.00 bits per heavy atom. The monoisotopic (exact) mass is 470 g/mol. The highest BCUT2D eigenvalue weighted by molar-refractivity contribution is 14.0. The molecule has 0 aliphatic carbocycles. The highest BCUT2D eigenvalue weighted by Gasteiger charge is 2.14. The molecule has 1 aromatic carbocycles. The molecule has 3 N–H and O–H groups in total. The van der Waals surface area contributed by atoms with Crippen LogP contribution in [0.15, 0.2) is 29.3 Å². The number of hydrogen-bond donors (Lipinski definition) is 2. The molecule has 7 nitrogen and oxygen atoms in total. The van der Waals surface area contributed by atoms with Gasteiger partial charge in [0.25, 0.3) is 0 Å². The topological polar surface area (TPSA) is 90.3 Å². The van der Waals surface area contributed by atoms with E-state index in [4.69, 9.17) is 10.5 Å². The van der Waals surface area contributed by atoms with Crippen molar-refractivity contribution in [1.29, 1.82) is 0 Å². The van der Waals surface area contributed by atoms with Crippen LogP contribution in [0.25, 0.3) is 0 Å². The average Bonchev–Trinajstić information content (AvgIpc) is 2.81. The van der Waals surface area contributed by atoms with Gasteiger partial charge in [-0.25, -0.2) is 4.99 Å². The van der Waals surface area contributed by atoms with E-state index in [9.17, 15) is 0 Å².